The average molecular weight is 342 g/mol. The predicted molar refractivity (Wildman–Crippen MR) is 105 cm³/mol. The van der Waals surface area contributed by atoms with Crippen molar-refractivity contribution in [2.45, 2.75) is 33.4 Å². The molecule has 4 heteroatoms. The molecule has 0 atom stereocenters. The van der Waals surface area contributed by atoms with Gasteiger partial charge in [0.05, 0.1) is 16.8 Å². The Morgan fingerprint density at radius 2 is 2.15 bits per heavy atom. The van der Waals surface area contributed by atoms with Crippen molar-refractivity contribution in [3.63, 3.8) is 0 Å². The number of hydrogen-bond acceptors (Lipinski definition) is 4. The monoisotopic (exact) mass is 342 g/mol. The lowest BCUT2D eigenvalue weighted by Crippen LogP contribution is -2.25. The van der Waals surface area contributed by atoms with Gasteiger partial charge >= 0.3 is 0 Å². The van der Waals surface area contributed by atoms with Crippen molar-refractivity contribution in [1.82, 2.24) is 10.3 Å². The van der Waals surface area contributed by atoms with Crippen LogP contribution in [0.1, 0.15) is 33.4 Å². The van der Waals surface area contributed by atoms with Crippen molar-refractivity contribution in [2.75, 3.05) is 11.9 Å². The zero-order valence-corrected chi connectivity index (χ0v) is 15.2. The van der Waals surface area contributed by atoms with Crippen molar-refractivity contribution in [2.24, 2.45) is 0 Å². The Labute approximate surface area is 153 Å². The maximum Gasteiger partial charge on any atom is 0.103 e. The molecule has 0 amide bonds. The summed E-state index contributed by atoms with van der Waals surface area (Å²) in [6, 6.07) is 13.0. The van der Waals surface area contributed by atoms with E-state index in [1.54, 1.807) is 6.20 Å². The van der Waals surface area contributed by atoms with Crippen molar-refractivity contribution in [1.29, 1.82) is 5.26 Å². The lowest BCUT2D eigenvalue weighted by molar-refractivity contribution is 0.639. The summed E-state index contributed by atoms with van der Waals surface area (Å²) in [5.74, 6) is 0. The third-order valence-electron chi connectivity index (χ3n) is 5.12. The zero-order chi connectivity index (χ0) is 18.1. The van der Waals surface area contributed by atoms with Gasteiger partial charge in [-0.1, -0.05) is 29.8 Å². The third kappa shape index (κ3) is 2.91. The molecule has 0 bridgehead atoms. The number of hydrogen-bond donors (Lipinski definition) is 2. The van der Waals surface area contributed by atoms with Gasteiger partial charge in [0.25, 0.3) is 0 Å². The molecule has 2 heterocycles. The lowest BCUT2D eigenvalue weighted by Gasteiger charge is -2.21. The van der Waals surface area contributed by atoms with Gasteiger partial charge in [0.15, 0.2) is 0 Å². The number of rotatable bonds is 3. The largest absolute Gasteiger partial charge is 0.379 e. The number of benzene rings is 2. The third-order valence-corrected chi connectivity index (χ3v) is 5.12. The molecule has 1 aromatic heterocycles. The molecule has 130 valence electrons. The van der Waals surface area contributed by atoms with E-state index in [4.69, 9.17) is 0 Å². The van der Waals surface area contributed by atoms with E-state index in [1.807, 2.05) is 0 Å². The predicted octanol–water partition coefficient (Wildman–Crippen LogP) is 3.98. The van der Waals surface area contributed by atoms with Crippen LogP contribution in [0.15, 0.2) is 36.5 Å². The first-order valence-electron chi connectivity index (χ1n) is 9.01. The Morgan fingerprint density at radius 1 is 1.27 bits per heavy atom. The lowest BCUT2D eigenvalue weighted by atomic mass is 9.95. The molecule has 4 rings (SSSR count). The van der Waals surface area contributed by atoms with Gasteiger partial charge in [-0.25, -0.2) is 0 Å². The molecule has 3 aromatic rings. The molecular weight excluding hydrogens is 320 g/mol. The summed E-state index contributed by atoms with van der Waals surface area (Å²) in [5.41, 5.74) is 8.86. The van der Waals surface area contributed by atoms with Crippen LogP contribution in [0.2, 0.25) is 0 Å². The summed E-state index contributed by atoms with van der Waals surface area (Å²) in [7, 11) is 0. The molecule has 0 aliphatic carbocycles. The van der Waals surface area contributed by atoms with Crippen LogP contribution in [0.5, 0.6) is 0 Å². The highest BCUT2D eigenvalue weighted by Crippen LogP contribution is 2.30. The minimum absolute atomic E-state index is 0.592. The number of fused-ring (bicyclic) bond motifs is 2. The summed E-state index contributed by atoms with van der Waals surface area (Å²) in [6.45, 7) is 6.81. The van der Waals surface area contributed by atoms with E-state index in [-0.39, 0.29) is 0 Å². The molecule has 0 radical (unpaired) electrons. The normalized spacial score (nSPS) is 13.3. The van der Waals surface area contributed by atoms with Crippen LogP contribution >= 0.6 is 0 Å². The Hall–Kier alpha value is -2.90. The van der Waals surface area contributed by atoms with Gasteiger partial charge in [0, 0.05) is 24.7 Å². The number of anilines is 1. The second-order valence-electron chi connectivity index (χ2n) is 6.97. The first kappa shape index (κ1) is 16.6. The molecule has 0 fully saturated rings. The van der Waals surface area contributed by atoms with E-state index in [1.165, 1.54) is 22.3 Å². The van der Waals surface area contributed by atoms with Gasteiger partial charge in [0.2, 0.25) is 0 Å². The van der Waals surface area contributed by atoms with Crippen LogP contribution in [-0.2, 0) is 19.5 Å². The standard InChI is InChI=1S/C22H22N4/c1-14-8-15(2)21-20(9-14)22(18(10-23)13-25-21)26-12-17-5-3-4-16-11-24-7-6-19(16)17/h3-5,8-9,13,24H,6-7,11-12H2,1-2H3,(H,25,26). The van der Waals surface area contributed by atoms with E-state index in [0.29, 0.717) is 12.1 Å². The van der Waals surface area contributed by atoms with E-state index >= 15 is 0 Å². The number of nitriles is 1. The molecule has 1 aliphatic rings. The number of nitrogens with zero attached hydrogens (tertiary/aromatic N) is 2. The summed E-state index contributed by atoms with van der Waals surface area (Å²) in [6.07, 6.45) is 2.73. The van der Waals surface area contributed by atoms with E-state index in [0.717, 1.165) is 41.7 Å². The van der Waals surface area contributed by atoms with Crippen LogP contribution in [0, 0.1) is 25.2 Å². The number of aryl methyl sites for hydroxylation is 2. The fraction of sp³-hybridized carbons (Fsp3) is 0.273. The summed E-state index contributed by atoms with van der Waals surface area (Å²) in [4.78, 5) is 4.51. The Bertz CT molecular complexity index is 1030. The highest BCUT2D eigenvalue weighted by atomic mass is 14.9. The highest BCUT2D eigenvalue weighted by molar-refractivity contribution is 5.96. The zero-order valence-electron chi connectivity index (χ0n) is 15.2. The van der Waals surface area contributed by atoms with E-state index in [2.05, 4.69) is 65.9 Å². The average Bonchev–Trinajstić information content (AvgIpc) is 2.66. The fourth-order valence-electron chi connectivity index (χ4n) is 3.90. The number of nitrogens with one attached hydrogen (secondary N) is 2. The summed E-state index contributed by atoms with van der Waals surface area (Å²) < 4.78 is 0. The number of pyridine rings is 1. The Morgan fingerprint density at radius 3 is 3.00 bits per heavy atom. The molecule has 0 spiro atoms. The van der Waals surface area contributed by atoms with Crippen molar-refractivity contribution in [3.05, 3.63) is 69.9 Å². The van der Waals surface area contributed by atoms with E-state index < -0.39 is 0 Å². The van der Waals surface area contributed by atoms with Crippen LogP contribution in [-0.4, -0.2) is 11.5 Å². The van der Waals surface area contributed by atoms with Gasteiger partial charge in [-0.15, -0.1) is 0 Å². The molecule has 1 aliphatic heterocycles. The second kappa shape index (κ2) is 6.78. The first-order valence-corrected chi connectivity index (χ1v) is 9.01. The smallest absolute Gasteiger partial charge is 0.103 e. The second-order valence-corrected chi connectivity index (χ2v) is 6.97. The molecular formula is C22H22N4. The van der Waals surface area contributed by atoms with E-state index in [9.17, 15) is 5.26 Å². The molecule has 0 unspecified atom stereocenters. The molecule has 0 saturated heterocycles. The van der Waals surface area contributed by atoms with Gasteiger partial charge in [0.1, 0.15) is 6.07 Å². The van der Waals surface area contributed by atoms with Gasteiger partial charge in [-0.2, -0.15) is 5.26 Å². The van der Waals surface area contributed by atoms with Crippen molar-refractivity contribution >= 4 is 16.6 Å². The van der Waals surface area contributed by atoms with Gasteiger partial charge in [-0.3, -0.25) is 4.98 Å². The minimum Gasteiger partial charge on any atom is -0.379 e. The SMILES string of the molecule is Cc1cc(C)c2ncc(C#N)c(NCc3cccc4c3CCNC4)c2c1. The molecule has 26 heavy (non-hydrogen) atoms. The quantitative estimate of drug-likeness (QED) is 0.756. The molecule has 4 nitrogen and oxygen atoms in total. The van der Waals surface area contributed by atoms with Crippen LogP contribution < -0.4 is 10.6 Å². The van der Waals surface area contributed by atoms with Gasteiger partial charge < -0.3 is 10.6 Å². The highest BCUT2D eigenvalue weighted by Gasteiger charge is 2.14. The van der Waals surface area contributed by atoms with Crippen LogP contribution in [0.3, 0.4) is 0 Å². The number of aromatic nitrogens is 1. The van der Waals surface area contributed by atoms with Crippen molar-refractivity contribution in [3.8, 4) is 6.07 Å². The Kier molecular flexibility index (Phi) is 4.32. The first-order chi connectivity index (χ1) is 12.7. The summed E-state index contributed by atoms with van der Waals surface area (Å²) in [5, 5.41) is 17.6. The topological polar surface area (TPSA) is 60.7 Å². The molecule has 0 saturated carbocycles. The fourth-order valence-corrected chi connectivity index (χ4v) is 3.90. The van der Waals surface area contributed by atoms with Crippen molar-refractivity contribution < 1.29 is 0 Å². The molecule has 2 N–H and O–H groups in total. The van der Waals surface area contributed by atoms with Crippen LogP contribution in [0.4, 0.5) is 5.69 Å². The minimum atomic E-state index is 0.592. The maximum atomic E-state index is 9.57. The summed E-state index contributed by atoms with van der Waals surface area (Å²) >= 11 is 0. The van der Waals surface area contributed by atoms with Crippen LogP contribution in [0.25, 0.3) is 10.9 Å². The van der Waals surface area contributed by atoms with Gasteiger partial charge in [-0.05, 0) is 55.1 Å². The maximum absolute atomic E-state index is 9.57. The Balaban J connectivity index is 1.75. The molecule has 2 aromatic carbocycles.